The van der Waals surface area contributed by atoms with Crippen molar-refractivity contribution >= 4 is 17.5 Å². The van der Waals surface area contributed by atoms with Crippen molar-refractivity contribution in [3.05, 3.63) is 72.2 Å². The topological polar surface area (TPSA) is 53.9 Å². The van der Waals surface area contributed by atoms with Gasteiger partial charge in [0.15, 0.2) is 0 Å². The summed E-state index contributed by atoms with van der Waals surface area (Å²) in [7, 11) is 2.02. The Balaban J connectivity index is 1.72. The number of hydrogen-bond donors (Lipinski definition) is 1. The quantitative estimate of drug-likeness (QED) is 0.696. The van der Waals surface area contributed by atoms with E-state index >= 15 is 0 Å². The molecule has 0 spiro atoms. The van der Waals surface area contributed by atoms with Crippen LogP contribution < -0.4 is 10.2 Å². The number of rotatable bonds is 6. The molecule has 0 saturated carbocycles. The number of nitrogens with one attached hydrogen (secondary N) is 1. The van der Waals surface area contributed by atoms with Crippen molar-refractivity contribution in [1.29, 1.82) is 0 Å². The van der Waals surface area contributed by atoms with E-state index in [4.69, 9.17) is 4.98 Å². The van der Waals surface area contributed by atoms with Crippen LogP contribution in [-0.4, -0.2) is 28.5 Å². The molecule has 0 aliphatic rings. The van der Waals surface area contributed by atoms with Crippen LogP contribution in [0.3, 0.4) is 0 Å². The summed E-state index contributed by atoms with van der Waals surface area (Å²) in [5, 5.41) is 3.46. The van der Waals surface area contributed by atoms with Crippen LogP contribution in [0.5, 0.6) is 0 Å². The third-order valence-corrected chi connectivity index (χ3v) is 4.47. The largest absolute Gasteiger partial charge is 0.343 e. The lowest BCUT2D eigenvalue weighted by atomic mass is 9.86. The zero-order valence-corrected chi connectivity index (χ0v) is 16.5. The first-order valence-corrected chi connectivity index (χ1v) is 9.23. The summed E-state index contributed by atoms with van der Waals surface area (Å²) in [6.45, 7) is 7.48. The van der Waals surface area contributed by atoms with Crippen LogP contribution >= 0.6 is 0 Å². The van der Waals surface area contributed by atoms with Gasteiger partial charge in [-0.3, -0.25) is 4.98 Å². The van der Waals surface area contributed by atoms with Gasteiger partial charge in [-0.2, -0.15) is 4.98 Å². The Hall–Kier alpha value is -2.95. The predicted octanol–water partition coefficient (Wildman–Crippen LogP) is 4.59. The molecule has 140 valence electrons. The summed E-state index contributed by atoms with van der Waals surface area (Å²) in [5.41, 5.74) is 3.65. The molecule has 0 amide bonds. The Morgan fingerprint density at radius 2 is 1.70 bits per heavy atom. The molecule has 1 aromatic carbocycles. The third-order valence-electron chi connectivity index (χ3n) is 4.47. The minimum Gasteiger partial charge on any atom is -0.343 e. The number of benzene rings is 1. The molecular formula is C22H27N5. The van der Waals surface area contributed by atoms with Crippen molar-refractivity contribution in [2.75, 3.05) is 23.8 Å². The third kappa shape index (κ3) is 5.03. The lowest BCUT2D eigenvalue weighted by molar-refractivity contribution is 0.592. The van der Waals surface area contributed by atoms with Crippen molar-refractivity contribution < 1.29 is 0 Å². The van der Waals surface area contributed by atoms with E-state index in [1.54, 1.807) is 6.20 Å². The van der Waals surface area contributed by atoms with E-state index in [9.17, 15) is 0 Å². The monoisotopic (exact) mass is 361 g/mol. The van der Waals surface area contributed by atoms with Crippen molar-refractivity contribution in [2.45, 2.75) is 32.6 Å². The summed E-state index contributed by atoms with van der Waals surface area (Å²) in [6.07, 6.45) is 6.37. The van der Waals surface area contributed by atoms with Crippen molar-refractivity contribution in [2.24, 2.45) is 0 Å². The van der Waals surface area contributed by atoms with Gasteiger partial charge in [0.2, 0.25) is 5.95 Å². The molecule has 3 rings (SSSR count). The molecule has 0 saturated heterocycles. The smallest absolute Gasteiger partial charge is 0.227 e. The molecule has 0 atom stereocenters. The average Bonchev–Trinajstić information content (AvgIpc) is 2.67. The molecular weight excluding hydrogens is 334 g/mol. The summed E-state index contributed by atoms with van der Waals surface area (Å²) < 4.78 is 0. The van der Waals surface area contributed by atoms with Gasteiger partial charge in [-0.1, -0.05) is 39.0 Å². The Kier molecular flexibility index (Phi) is 5.69. The molecule has 0 aliphatic heterocycles. The van der Waals surface area contributed by atoms with Crippen LogP contribution in [0.15, 0.2) is 61.1 Å². The van der Waals surface area contributed by atoms with Crippen LogP contribution in [0.25, 0.3) is 0 Å². The fourth-order valence-corrected chi connectivity index (χ4v) is 2.93. The van der Waals surface area contributed by atoms with Gasteiger partial charge in [-0.05, 0) is 47.2 Å². The first-order chi connectivity index (χ1) is 12.9. The van der Waals surface area contributed by atoms with Crippen molar-refractivity contribution in [3.8, 4) is 0 Å². The van der Waals surface area contributed by atoms with Gasteiger partial charge in [-0.15, -0.1) is 0 Å². The van der Waals surface area contributed by atoms with Crippen LogP contribution in [-0.2, 0) is 11.8 Å². The van der Waals surface area contributed by atoms with E-state index in [1.807, 2.05) is 43.7 Å². The van der Waals surface area contributed by atoms with Gasteiger partial charge in [0.05, 0.1) is 0 Å². The standard InChI is InChI=1S/C22H27N5/c1-22(2,3)18-7-5-6-8-19(18)25-20-11-15-24-21(26-20)27(4)16-12-17-9-13-23-14-10-17/h5-11,13-15H,12,16H2,1-4H3,(H,24,25,26). The zero-order valence-electron chi connectivity index (χ0n) is 16.5. The Bertz CT molecular complexity index is 871. The molecule has 0 fully saturated rings. The molecule has 27 heavy (non-hydrogen) atoms. The molecule has 5 heteroatoms. The molecule has 3 aromatic rings. The minimum atomic E-state index is 0.0563. The zero-order chi connectivity index (χ0) is 19.3. The second-order valence-electron chi connectivity index (χ2n) is 7.69. The highest BCUT2D eigenvalue weighted by Gasteiger charge is 2.17. The second-order valence-corrected chi connectivity index (χ2v) is 7.69. The maximum atomic E-state index is 4.69. The molecule has 2 heterocycles. The summed E-state index contributed by atoms with van der Waals surface area (Å²) in [6, 6.07) is 14.3. The van der Waals surface area contributed by atoms with E-state index in [1.165, 1.54) is 11.1 Å². The number of nitrogens with zero attached hydrogens (tertiary/aromatic N) is 4. The molecule has 1 N–H and O–H groups in total. The normalized spacial score (nSPS) is 11.3. The summed E-state index contributed by atoms with van der Waals surface area (Å²) in [5.74, 6) is 1.51. The maximum absolute atomic E-state index is 4.69. The Morgan fingerprint density at radius 1 is 0.963 bits per heavy atom. The Labute approximate surface area is 161 Å². The van der Waals surface area contributed by atoms with Crippen LogP contribution in [0, 0.1) is 0 Å². The molecule has 0 aliphatic carbocycles. The van der Waals surface area contributed by atoms with Gasteiger partial charge in [0.1, 0.15) is 5.82 Å². The maximum Gasteiger partial charge on any atom is 0.227 e. The number of hydrogen-bond acceptors (Lipinski definition) is 5. The van der Waals surface area contributed by atoms with Gasteiger partial charge >= 0.3 is 0 Å². The van der Waals surface area contributed by atoms with E-state index < -0.39 is 0 Å². The van der Waals surface area contributed by atoms with Gasteiger partial charge < -0.3 is 10.2 Å². The van der Waals surface area contributed by atoms with E-state index in [0.717, 1.165) is 24.5 Å². The lowest BCUT2D eigenvalue weighted by Gasteiger charge is -2.23. The van der Waals surface area contributed by atoms with Crippen LogP contribution in [0.2, 0.25) is 0 Å². The number of anilines is 3. The van der Waals surface area contributed by atoms with Crippen LogP contribution in [0.4, 0.5) is 17.5 Å². The highest BCUT2D eigenvalue weighted by Crippen LogP contribution is 2.31. The number of aromatic nitrogens is 3. The first kappa shape index (κ1) is 18.8. The molecule has 0 unspecified atom stereocenters. The summed E-state index contributed by atoms with van der Waals surface area (Å²) in [4.78, 5) is 15.3. The van der Waals surface area contributed by atoms with Crippen molar-refractivity contribution in [1.82, 2.24) is 15.0 Å². The number of para-hydroxylation sites is 1. The second kappa shape index (κ2) is 8.16. The molecule has 0 bridgehead atoms. The highest BCUT2D eigenvalue weighted by molar-refractivity contribution is 5.62. The molecule has 2 aromatic heterocycles. The fourth-order valence-electron chi connectivity index (χ4n) is 2.93. The van der Waals surface area contributed by atoms with Crippen molar-refractivity contribution in [3.63, 3.8) is 0 Å². The van der Waals surface area contributed by atoms with Gasteiger partial charge in [0.25, 0.3) is 0 Å². The molecule has 5 nitrogen and oxygen atoms in total. The number of likely N-dealkylation sites (N-methyl/N-ethyl adjacent to an activating group) is 1. The first-order valence-electron chi connectivity index (χ1n) is 9.23. The van der Waals surface area contributed by atoms with E-state index in [-0.39, 0.29) is 5.41 Å². The number of pyridine rings is 1. The minimum absolute atomic E-state index is 0.0563. The SMILES string of the molecule is CN(CCc1ccncc1)c1nccc(Nc2ccccc2C(C)(C)C)n1. The van der Waals surface area contributed by atoms with Gasteiger partial charge in [0, 0.05) is 37.9 Å². The lowest BCUT2D eigenvalue weighted by Crippen LogP contribution is -2.22. The van der Waals surface area contributed by atoms with E-state index in [0.29, 0.717) is 5.95 Å². The van der Waals surface area contributed by atoms with Gasteiger partial charge in [-0.25, -0.2) is 4.98 Å². The van der Waals surface area contributed by atoms with Crippen LogP contribution in [0.1, 0.15) is 31.9 Å². The average molecular weight is 361 g/mol. The predicted molar refractivity (Wildman–Crippen MR) is 112 cm³/mol. The Morgan fingerprint density at radius 3 is 2.44 bits per heavy atom. The highest BCUT2D eigenvalue weighted by atomic mass is 15.2. The fraction of sp³-hybridized carbons (Fsp3) is 0.318. The molecule has 0 radical (unpaired) electrons. The summed E-state index contributed by atoms with van der Waals surface area (Å²) >= 11 is 0. The van der Waals surface area contributed by atoms with E-state index in [2.05, 4.69) is 59.2 Å².